The summed E-state index contributed by atoms with van der Waals surface area (Å²) in [7, 11) is 0. The van der Waals surface area contributed by atoms with Gasteiger partial charge in [-0.25, -0.2) is 0 Å². The number of likely N-dealkylation sites (tertiary alicyclic amines) is 1. The number of carbonyl (C=O) groups is 2. The van der Waals surface area contributed by atoms with Gasteiger partial charge in [-0.2, -0.15) is 0 Å². The molecule has 0 aromatic heterocycles. The van der Waals surface area contributed by atoms with Crippen LogP contribution >= 0.6 is 0 Å². The smallest absolute Gasteiger partial charge is 0.251 e. The molecule has 154 valence electrons. The molecule has 28 heavy (non-hydrogen) atoms. The first-order valence-electron chi connectivity index (χ1n) is 10.9. The van der Waals surface area contributed by atoms with Gasteiger partial charge in [0.25, 0.3) is 5.91 Å². The fourth-order valence-corrected chi connectivity index (χ4v) is 4.46. The van der Waals surface area contributed by atoms with Crippen molar-refractivity contribution in [2.24, 2.45) is 11.8 Å². The molecule has 1 atom stereocenters. The SMILES string of the molecule is CC(C)C(NC(=O)c1ccccc1)C(=O)NC1CCN(CC2CCCC2)CC1. The predicted octanol–water partition coefficient (Wildman–Crippen LogP) is 3.21. The molecule has 2 N–H and O–H groups in total. The molecule has 1 saturated heterocycles. The fraction of sp³-hybridized carbons (Fsp3) is 0.652. The van der Waals surface area contributed by atoms with Gasteiger partial charge in [0.2, 0.25) is 5.91 Å². The topological polar surface area (TPSA) is 61.4 Å². The Balaban J connectivity index is 1.47. The maximum atomic E-state index is 12.8. The van der Waals surface area contributed by atoms with Crippen LogP contribution in [0.2, 0.25) is 0 Å². The van der Waals surface area contributed by atoms with Gasteiger partial charge in [-0.3, -0.25) is 9.59 Å². The van der Waals surface area contributed by atoms with Gasteiger partial charge in [0.05, 0.1) is 0 Å². The highest BCUT2D eigenvalue weighted by molar-refractivity contribution is 5.97. The number of piperidine rings is 1. The Hall–Kier alpha value is -1.88. The van der Waals surface area contributed by atoms with Crippen molar-refractivity contribution in [2.75, 3.05) is 19.6 Å². The molecule has 0 bridgehead atoms. The van der Waals surface area contributed by atoms with Crippen molar-refractivity contribution in [3.05, 3.63) is 35.9 Å². The van der Waals surface area contributed by atoms with Crippen LogP contribution in [0.5, 0.6) is 0 Å². The second-order valence-electron chi connectivity index (χ2n) is 8.80. The van der Waals surface area contributed by atoms with Gasteiger partial charge in [0, 0.05) is 31.2 Å². The van der Waals surface area contributed by atoms with Crippen molar-refractivity contribution < 1.29 is 9.59 Å². The number of nitrogens with zero attached hydrogens (tertiary/aromatic N) is 1. The molecule has 0 radical (unpaired) electrons. The quantitative estimate of drug-likeness (QED) is 0.758. The third-order valence-corrected chi connectivity index (χ3v) is 6.20. The first-order valence-corrected chi connectivity index (χ1v) is 10.9. The molecular weight excluding hydrogens is 350 g/mol. The van der Waals surface area contributed by atoms with E-state index >= 15 is 0 Å². The minimum atomic E-state index is -0.510. The maximum Gasteiger partial charge on any atom is 0.251 e. The van der Waals surface area contributed by atoms with Gasteiger partial charge in [0.1, 0.15) is 6.04 Å². The largest absolute Gasteiger partial charge is 0.351 e. The van der Waals surface area contributed by atoms with Crippen molar-refractivity contribution in [2.45, 2.75) is 64.5 Å². The van der Waals surface area contributed by atoms with Gasteiger partial charge in [-0.1, -0.05) is 44.9 Å². The summed E-state index contributed by atoms with van der Waals surface area (Å²) in [4.78, 5) is 27.9. The molecule has 2 fully saturated rings. The Kier molecular flexibility index (Phi) is 7.49. The van der Waals surface area contributed by atoms with Crippen LogP contribution in [0, 0.1) is 11.8 Å². The molecule has 1 unspecified atom stereocenters. The van der Waals surface area contributed by atoms with E-state index in [4.69, 9.17) is 0 Å². The first-order chi connectivity index (χ1) is 13.5. The summed E-state index contributed by atoms with van der Waals surface area (Å²) in [5.41, 5.74) is 0.584. The number of hydrogen-bond acceptors (Lipinski definition) is 3. The average Bonchev–Trinajstić information content (AvgIpc) is 3.21. The Bertz CT molecular complexity index is 633. The van der Waals surface area contributed by atoms with E-state index in [1.54, 1.807) is 12.1 Å². The van der Waals surface area contributed by atoms with Crippen LogP contribution in [0.4, 0.5) is 0 Å². The molecular formula is C23H35N3O2. The van der Waals surface area contributed by atoms with Crippen LogP contribution in [-0.2, 0) is 4.79 Å². The molecule has 1 aliphatic heterocycles. The van der Waals surface area contributed by atoms with Crippen molar-refractivity contribution in [3.8, 4) is 0 Å². The van der Waals surface area contributed by atoms with Gasteiger partial charge >= 0.3 is 0 Å². The zero-order valence-electron chi connectivity index (χ0n) is 17.3. The molecule has 1 aliphatic carbocycles. The number of nitrogens with one attached hydrogen (secondary N) is 2. The van der Waals surface area contributed by atoms with Gasteiger partial charge in [0.15, 0.2) is 0 Å². The molecule has 2 aliphatic rings. The summed E-state index contributed by atoms with van der Waals surface area (Å²) in [6.07, 6.45) is 7.54. The van der Waals surface area contributed by atoms with Crippen LogP contribution < -0.4 is 10.6 Å². The van der Waals surface area contributed by atoms with Gasteiger partial charge in [-0.15, -0.1) is 0 Å². The van der Waals surface area contributed by atoms with Crippen LogP contribution in [0.15, 0.2) is 30.3 Å². The maximum absolute atomic E-state index is 12.8. The van der Waals surface area contributed by atoms with E-state index in [1.807, 2.05) is 32.0 Å². The van der Waals surface area contributed by atoms with Crippen LogP contribution in [0.1, 0.15) is 62.7 Å². The fourth-order valence-electron chi connectivity index (χ4n) is 4.46. The second-order valence-corrected chi connectivity index (χ2v) is 8.80. The van der Waals surface area contributed by atoms with Crippen molar-refractivity contribution >= 4 is 11.8 Å². The number of rotatable bonds is 7. The van der Waals surface area contributed by atoms with E-state index < -0.39 is 6.04 Å². The lowest BCUT2D eigenvalue weighted by molar-refractivity contribution is -0.125. The van der Waals surface area contributed by atoms with E-state index in [-0.39, 0.29) is 23.8 Å². The number of carbonyl (C=O) groups excluding carboxylic acids is 2. The minimum Gasteiger partial charge on any atom is -0.351 e. The monoisotopic (exact) mass is 385 g/mol. The van der Waals surface area contributed by atoms with Crippen LogP contribution in [-0.4, -0.2) is 48.4 Å². The summed E-state index contributed by atoms with van der Waals surface area (Å²) in [5, 5.41) is 6.11. The van der Waals surface area contributed by atoms with E-state index in [0.29, 0.717) is 5.56 Å². The zero-order valence-corrected chi connectivity index (χ0v) is 17.3. The third kappa shape index (κ3) is 5.81. The lowest BCUT2D eigenvalue weighted by Gasteiger charge is -2.34. The predicted molar refractivity (Wildman–Crippen MR) is 112 cm³/mol. The molecule has 2 amide bonds. The third-order valence-electron chi connectivity index (χ3n) is 6.20. The normalized spacial score (nSPS) is 20.2. The molecule has 0 spiro atoms. The van der Waals surface area contributed by atoms with Crippen molar-refractivity contribution in [1.82, 2.24) is 15.5 Å². The minimum absolute atomic E-state index is 0.0371. The number of amides is 2. The lowest BCUT2D eigenvalue weighted by Crippen LogP contribution is -2.54. The Morgan fingerprint density at radius 2 is 1.68 bits per heavy atom. The van der Waals surface area contributed by atoms with Crippen molar-refractivity contribution in [3.63, 3.8) is 0 Å². The Morgan fingerprint density at radius 3 is 2.29 bits per heavy atom. The summed E-state index contributed by atoms with van der Waals surface area (Å²) >= 11 is 0. The number of hydrogen-bond donors (Lipinski definition) is 2. The summed E-state index contributed by atoms with van der Waals surface area (Å²) in [6.45, 7) is 7.29. The summed E-state index contributed by atoms with van der Waals surface area (Å²) in [6, 6.07) is 8.78. The Morgan fingerprint density at radius 1 is 1.04 bits per heavy atom. The number of benzene rings is 1. The molecule has 5 heteroatoms. The molecule has 1 saturated carbocycles. The van der Waals surface area contributed by atoms with Gasteiger partial charge in [-0.05, 0) is 49.7 Å². The lowest BCUT2D eigenvalue weighted by atomic mass is 9.99. The molecule has 3 rings (SSSR count). The Labute approximate surface area is 169 Å². The van der Waals surface area contributed by atoms with Crippen LogP contribution in [0.3, 0.4) is 0 Å². The highest BCUT2D eigenvalue weighted by atomic mass is 16.2. The van der Waals surface area contributed by atoms with E-state index in [2.05, 4.69) is 15.5 Å². The summed E-state index contributed by atoms with van der Waals surface area (Å²) < 4.78 is 0. The highest BCUT2D eigenvalue weighted by Crippen LogP contribution is 2.26. The first kappa shape index (κ1) is 20.8. The molecule has 1 aromatic rings. The molecule has 1 heterocycles. The van der Waals surface area contributed by atoms with Crippen LogP contribution in [0.25, 0.3) is 0 Å². The van der Waals surface area contributed by atoms with Gasteiger partial charge < -0.3 is 15.5 Å². The zero-order chi connectivity index (χ0) is 19.9. The second kappa shape index (κ2) is 10.1. The van der Waals surface area contributed by atoms with E-state index in [0.717, 1.165) is 31.8 Å². The van der Waals surface area contributed by atoms with E-state index in [1.165, 1.54) is 32.2 Å². The molecule has 1 aromatic carbocycles. The van der Waals surface area contributed by atoms with E-state index in [9.17, 15) is 9.59 Å². The van der Waals surface area contributed by atoms with Crippen molar-refractivity contribution in [1.29, 1.82) is 0 Å². The highest BCUT2D eigenvalue weighted by Gasteiger charge is 2.29. The summed E-state index contributed by atoms with van der Waals surface area (Å²) in [5.74, 6) is 0.661. The standard InChI is InChI=1S/C23H35N3O2/c1-17(2)21(25-22(27)19-10-4-3-5-11-19)23(28)24-20-12-14-26(15-13-20)16-18-8-6-7-9-18/h3-5,10-11,17-18,20-21H,6-9,12-16H2,1-2H3,(H,24,28)(H,25,27). The average molecular weight is 386 g/mol. The molecule has 5 nitrogen and oxygen atoms in total.